The lowest BCUT2D eigenvalue weighted by Gasteiger charge is -2.05. The van der Waals surface area contributed by atoms with Gasteiger partial charge in [0.1, 0.15) is 11.3 Å². The first-order valence-electron chi connectivity index (χ1n) is 9.14. The average Bonchev–Trinajstić information content (AvgIpc) is 3.25. The summed E-state index contributed by atoms with van der Waals surface area (Å²) in [6, 6.07) is 15.4. The van der Waals surface area contributed by atoms with Gasteiger partial charge in [-0.1, -0.05) is 0 Å². The molecule has 144 valence electrons. The molecule has 0 amide bonds. The highest BCUT2D eigenvalue weighted by Gasteiger charge is 2.14. The molecule has 0 atom stereocenters. The van der Waals surface area contributed by atoms with Crippen LogP contribution in [-0.4, -0.2) is 19.1 Å². The number of rotatable bonds is 4. The molecule has 0 unspecified atom stereocenters. The van der Waals surface area contributed by atoms with Gasteiger partial charge >= 0.3 is 5.69 Å². The van der Waals surface area contributed by atoms with Gasteiger partial charge in [-0.2, -0.15) is 4.98 Å². The van der Waals surface area contributed by atoms with E-state index in [0.717, 1.165) is 11.2 Å². The maximum Gasteiger partial charge on any atom is 0.334 e. The topological polar surface area (TPSA) is 77.9 Å². The maximum absolute atomic E-state index is 13.3. The van der Waals surface area contributed by atoms with Crippen molar-refractivity contribution in [3.63, 3.8) is 0 Å². The summed E-state index contributed by atoms with van der Waals surface area (Å²) in [6.07, 6.45) is 1.67. The Kier molecular flexibility index (Phi) is 3.90. The molecule has 8 heteroatoms. The van der Waals surface area contributed by atoms with Crippen LogP contribution in [0.15, 0.2) is 70.0 Å². The molecular weight excluding hydrogens is 373 g/mol. The largest absolute Gasteiger partial charge is 0.423 e. The number of imidazole rings is 1. The minimum atomic E-state index is -0.380. The van der Waals surface area contributed by atoms with Gasteiger partial charge in [-0.15, -0.1) is 0 Å². The molecule has 5 rings (SSSR count). The molecule has 0 aliphatic carbocycles. The monoisotopic (exact) mass is 389 g/mol. The van der Waals surface area contributed by atoms with Crippen LogP contribution >= 0.6 is 0 Å². The van der Waals surface area contributed by atoms with E-state index in [0.29, 0.717) is 29.0 Å². The number of pyridine rings is 1. The van der Waals surface area contributed by atoms with Crippen molar-refractivity contribution >= 4 is 34.0 Å². The molecule has 0 bridgehead atoms. The van der Waals surface area contributed by atoms with E-state index >= 15 is 0 Å². The molecule has 0 fully saturated rings. The first-order chi connectivity index (χ1) is 14.1. The van der Waals surface area contributed by atoms with Gasteiger partial charge in [-0.3, -0.25) is 4.57 Å². The Morgan fingerprint density at radius 1 is 1.14 bits per heavy atom. The molecule has 0 aliphatic heterocycles. The molecule has 5 aromatic rings. The molecular formula is C21H16FN5O2. The summed E-state index contributed by atoms with van der Waals surface area (Å²) < 4.78 is 22.1. The third-order valence-electron chi connectivity index (χ3n) is 4.73. The molecule has 0 saturated heterocycles. The predicted molar refractivity (Wildman–Crippen MR) is 108 cm³/mol. The number of hydrogen-bond donors (Lipinski definition) is 1. The number of oxazole rings is 1. The molecule has 3 heterocycles. The minimum Gasteiger partial charge on any atom is -0.423 e. The highest BCUT2D eigenvalue weighted by molar-refractivity contribution is 5.76. The van der Waals surface area contributed by atoms with Crippen LogP contribution in [-0.2, 0) is 6.54 Å². The SMILES string of the molecule is CCn1c(=O)n(-c2ccc(Nc3nc4ccc(F)cc4o3)cc2)c2ncccc21. The molecule has 2 aromatic carbocycles. The Labute approximate surface area is 164 Å². The Balaban J connectivity index is 1.50. The zero-order valence-corrected chi connectivity index (χ0v) is 15.5. The van der Waals surface area contributed by atoms with Crippen LogP contribution in [0.5, 0.6) is 0 Å². The first kappa shape index (κ1) is 17.2. The number of nitrogens with one attached hydrogen (secondary N) is 1. The minimum absolute atomic E-state index is 0.136. The number of fused-ring (bicyclic) bond motifs is 2. The lowest BCUT2D eigenvalue weighted by atomic mass is 10.3. The van der Waals surface area contributed by atoms with Crippen molar-refractivity contribution in [2.75, 3.05) is 5.32 Å². The number of halogens is 1. The molecule has 1 N–H and O–H groups in total. The van der Waals surface area contributed by atoms with E-state index in [1.54, 1.807) is 21.4 Å². The van der Waals surface area contributed by atoms with Crippen molar-refractivity contribution in [1.82, 2.24) is 19.1 Å². The highest BCUT2D eigenvalue weighted by Crippen LogP contribution is 2.24. The lowest BCUT2D eigenvalue weighted by Crippen LogP contribution is -2.22. The molecule has 7 nitrogen and oxygen atoms in total. The summed E-state index contributed by atoms with van der Waals surface area (Å²) in [7, 11) is 0. The molecule has 0 aliphatic rings. The third kappa shape index (κ3) is 2.85. The van der Waals surface area contributed by atoms with Crippen molar-refractivity contribution in [1.29, 1.82) is 0 Å². The van der Waals surface area contributed by atoms with Gasteiger partial charge in [0, 0.05) is 24.5 Å². The Hall–Kier alpha value is -3.94. The fourth-order valence-electron chi connectivity index (χ4n) is 3.39. The van der Waals surface area contributed by atoms with E-state index in [-0.39, 0.29) is 17.5 Å². The van der Waals surface area contributed by atoms with Crippen molar-refractivity contribution in [2.45, 2.75) is 13.5 Å². The van der Waals surface area contributed by atoms with Gasteiger partial charge in [0.05, 0.1) is 11.2 Å². The van der Waals surface area contributed by atoms with E-state index in [1.165, 1.54) is 12.1 Å². The smallest absolute Gasteiger partial charge is 0.334 e. The zero-order valence-electron chi connectivity index (χ0n) is 15.5. The summed E-state index contributed by atoms with van der Waals surface area (Å²) in [5.41, 5.74) is 3.63. The van der Waals surface area contributed by atoms with E-state index < -0.39 is 0 Å². The van der Waals surface area contributed by atoms with Crippen LogP contribution in [0.2, 0.25) is 0 Å². The van der Waals surface area contributed by atoms with E-state index in [4.69, 9.17) is 4.42 Å². The summed E-state index contributed by atoms with van der Waals surface area (Å²) in [6.45, 7) is 2.49. The number of benzene rings is 2. The highest BCUT2D eigenvalue weighted by atomic mass is 19.1. The summed E-state index contributed by atoms with van der Waals surface area (Å²) in [5.74, 6) is -0.380. The summed E-state index contributed by atoms with van der Waals surface area (Å²) in [5, 5.41) is 3.05. The second-order valence-corrected chi connectivity index (χ2v) is 6.51. The average molecular weight is 389 g/mol. The number of hydrogen-bond acceptors (Lipinski definition) is 5. The van der Waals surface area contributed by atoms with Crippen molar-refractivity contribution in [3.8, 4) is 5.69 Å². The molecule has 0 saturated carbocycles. The molecule has 3 aromatic heterocycles. The van der Waals surface area contributed by atoms with Gasteiger partial charge in [0.25, 0.3) is 6.01 Å². The van der Waals surface area contributed by atoms with Crippen molar-refractivity contribution < 1.29 is 8.81 Å². The fourth-order valence-corrected chi connectivity index (χ4v) is 3.39. The standard InChI is InChI=1S/C21H16FN5O2/c1-2-26-17-4-3-11-23-19(17)27(21(26)28)15-8-6-14(7-9-15)24-20-25-16-10-5-13(22)12-18(16)29-20/h3-12H,2H2,1H3,(H,24,25). The van der Waals surface area contributed by atoms with E-state index in [2.05, 4.69) is 15.3 Å². The van der Waals surface area contributed by atoms with E-state index in [1.807, 2.05) is 43.3 Å². The van der Waals surface area contributed by atoms with Gasteiger partial charge in [-0.25, -0.2) is 18.7 Å². The van der Waals surface area contributed by atoms with Crippen LogP contribution < -0.4 is 11.0 Å². The maximum atomic E-state index is 13.3. The summed E-state index contributed by atoms with van der Waals surface area (Å²) >= 11 is 0. The fraction of sp³-hybridized carbons (Fsp3) is 0.0952. The van der Waals surface area contributed by atoms with Gasteiger partial charge in [-0.05, 0) is 55.5 Å². The summed E-state index contributed by atoms with van der Waals surface area (Å²) in [4.78, 5) is 21.5. The molecule has 29 heavy (non-hydrogen) atoms. The van der Waals surface area contributed by atoms with Crippen LogP contribution in [0.25, 0.3) is 28.0 Å². The Morgan fingerprint density at radius 3 is 2.76 bits per heavy atom. The van der Waals surface area contributed by atoms with Crippen LogP contribution in [0, 0.1) is 5.82 Å². The van der Waals surface area contributed by atoms with Gasteiger partial charge in [0.15, 0.2) is 11.2 Å². The Bertz CT molecular complexity index is 1400. The van der Waals surface area contributed by atoms with Crippen molar-refractivity contribution in [3.05, 3.63) is 77.1 Å². The number of aromatic nitrogens is 4. The molecule has 0 radical (unpaired) electrons. The van der Waals surface area contributed by atoms with Crippen molar-refractivity contribution in [2.24, 2.45) is 0 Å². The van der Waals surface area contributed by atoms with Crippen LogP contribution in [0.3, 0.4) is 0 Å². The lowest BCUT2D eigenvalue weighted by molar-refractivity contribution is 0.604. The van der Waals surface area contributed by atoms with Crippen LogP contribution in [0.4, 0.5) is 16.1 Å². The number of anilines is 2. The van der Waals surface area contributed by atoms with E-state index in [9.17, 15) is 9.18 Å². The number of aryl methyl sites for hydroxylation is 1. The van der Waals surface area contributed by atoms with Crippen LogP contribution in [0.1, 0.15) is 6.92 Å². The number of nitrogens with zero attached hydrogens (tertiary/aromatic N) is 4. The second-order valence-electron chi connectivity index (χ2n) is 6.51. The van der Waals surface area contributed by atoms with Gasteiger partial charge in [0.2, 0.25) is 0 Å². The van der Waals surface area contributed by atoms with Gasteiger partial charge < -0.3 is 9.73 Å². The third-order valence-corrected chi connectivity index (χ3v) is 4.73. The second kappa shape index (κ2) is 6.59. The first-order valence-corrected chi connectivity index (χ1v) is 9.14. The predicted octanol–water partition coefficient (Wildman–Crippen LogP) is 4.23. The zero-order chi connectivity index (χ0) is 20.0. The normalized spacial score (nSPS) is 11.4. The molecule has 0 spiro atoms. The Morgan fingerprint density at radius 2 is 1.97 bits per heavy atom. The quantitative estimate of drug-likeness (QED) is 0.498.